The minimum absolute atomic E-state index is 1.06. The molecule has 0 N–H and O–H groups in total. The molecule has 0 unspecified atom stereocenters. The van der Waals surface area contributed by atoms with Gasteiger partial charge in [-0.2, -0.15) is 12.6 Å². The topological polar surface area (TPSA) is 0 Å². The SMILES string of the molecule is C[Si](Cl)(Cl)CCCCCCCCCCCCCCCCCCCCCCCCCCCCCCCCCCCCCS. The number of hydrogen-bond donors (Lipinski definition) is 1. The second kappa shape index (κ2) is 36.6. The minimum Gasteiger partial charge on any atom is -0.179 e. The van der Waals surface area contributed by atoms with Crippen molar-refractivity contribution in [2.24, 2.45) is 0 Å². The predicted molar refractivity (Wildman–Crippen MR) is 204 cm³/mol. The zero-order chi connectivity index (χ0) is 30.7. The summed E-state index contributed by atoms with van der Waals surface area (Å²) in [4.78, 5) is 0. The quantitative estimate of drug-likeness (QED) is 0.0290. The van der Waals surface area contributed by atoms with Crippen molar-refractivity contribution in [1.82, 2.24) is 0 Å². The first-order chi connectivity index (χ1) is 20.6. The number of halogens is 2. The Balaban J connectivity index is 3.04. The summed E-state index contributed by atoms with van der Waals surface area (Å²) in [5.74, 6) is 1.07. The average molecular weight is 666 g/mol. The third kappa shape index (κ3) is 41.1. The summed E-state index contributed by atoms with van der Waals surface area (Å²) in [6, 6.07) is 1.06. The summed E-state index contributed by atoms with van der Waals surface area (Å²) >= 11 is 16.6. The molecule has 0 aromatic heterocycles. The summed E-state index contributed by atoms with van der Waals surface area (Å²) in [6.45, 7) is 0.201. The Morgan fingerprint density at radius 2 is 0.429 bits per heavy atom. The van der Waals surface area contributed by atoms with Crippen molar-refractivity contribution in [3.8, 4) is 0 Å². The van der Waals surface area contributed by atoms with Crippen LogP contribution < -0.4 is 0 Å². The fraction of sp³-hybridized carbons (Fsp3) is 1.00. The highest BCUT2D eigenvalue weighted by Gasteiger charge is 2.19. The summed E-state index contributed by atoms with van der Waals surface area (Å²) < 4.78 is 0. The van der Waals surface area contributed by atoms with Gasteiger partial charge in [0.25, 0.3) is 0 Å². The molecular weight excluding hydrogens is 587 g/mol. The molecule has 0 radical (unpaired) electrons. The molecule has 0 rings (SSSR count). The van der Waals surface area contributed by atoms with E-state index >= 15 is 0 Å². The van der Waals surface area contributed by atoms with E-state index in [4.69, 9.17) is 22.2 Å². The van der Waals surface area contributed by atoms with E-state index in [2.05, 4.69) is 12.6 Å². The van der Waals surface area contributed by atoms with Gasteiger partial charge >= 0.3 is 0 Å². The van der Waals surface area contributed by atoms with Crippen molar-refractivity contribution in [2.75, 3.05) is 5.75 Å². The van der Waals surface area contributed by atoms with E-state index in [1.165, 1.54) is 225 Å². The molecule has 0 aromatic carbocycles. The number of unbranched alkanes of at least 4 members (excludes halogenated alkanes) is 34. The first-order valence-corrected chi connectivity index (χ1v) is 24.9. The Morgan fingerprint density at radius 3 is 0.571 bits per heavy atom. The van der Waals surface area contributed by atoms with Gasteiger partial charge in [-0.05, 0) is 24.8 Å². The van der Waals surface area contributed by atoms with Crippen molar-refractivity contribution < 1.29 is 0 Å². The van der Waals surface area contributed by atoms with Crippen LogP contribution >= 0.6 is 34.8 Å². The van der Waals surface area contributed by atoms with Crippen molar-refractivity contribution in [3.63, 3.8) is 0 Å². The zero-order valence-corrected chi connectivity index (χ0v) is 32.3. The van der Waals surface area contributed by atoms with Gasteiger partial charge in [0.05, 0.1) is 0 Å². The van der Waals surface area contributed by atoms with Gasteiger partial charge in [-0.25, -0.2) is 0 Å². The fourth-order valence-electron chi connectivity index (χ4n) is 6.38. The molecule has 0 aliphatic carbocycles. The lowest BCUT2D eigenvalue weighted by Crippen LogP contribution is -2.11. The van der Waals surface area contributed by atoms with Crippen LogP contribution in [0.2, 0.25) is 12.6 Å². The van der Waals surface area contributed by atoms with E-state index < -0.39 is 6.69 Å². The molecule has 0 aliphatic heterocycles. The number of rotatable bonds is 37. The molecule has 0 fully saturated rings. The molecule has 0 aromatic rings. The highest BCUT2D eigenvalue weighted by Crippen LogP contribution is 2.23. The van der Waals surface area contributed by atoms with Gasteiger partial charge in [-0.3, -0.25) is 0 Å². The smallest absolute Gasteiger partial charge is 0.179 e. The van der Waals surface area contributed by atoms with Crippen LogP contribution in [0.3, 0.4) is 0 Å². The van der Waals surface area contributed by atoms with Gasteiger partial charge in [0.2, 0.25) is 6.69 Å². The number of thiol groups is 1. The third-order valence-corrected chi connectivity index (χ3v) is 12.0. The first-order valence-electron chi connectivity index (χ1n) is 19.5. The third-order valence-electron chi connectivity index (χ3n) is 9.27. The fourth-order valence-corrected chi connectivity index (χ4v) is 8.28. The molecule has 0 atom stereocenters. The Labute approximate surface area is 283 Å². The zero-order valence-electron chi connectivity index (χ0n) is 28.9. The molecule has 0 saturated heterocycles. The lowest BCUT2D eigenvalue weighted by atomic mass is 10.0. The van der Waals surface area contributed by atoms with E-state index in [1.54, 1.807) is 0 Å². The molecular formula is C38H78Cl2SSi. The molecule has 0 aliphatic rings. The van der Waals surface area contributed by atoms with Crippen LogP contribution in [0.15, 0.2) is 0 Å². The van der Waals surface area contributed by atoms with Crippen LogP contribution in [0.5, 0.6) is 0 Å². The van der Waals surface area contributed by atoms with Gasteiger partial charge in [-0.15, -0.1) is 22.2 Å². The lowest BCUT2D eigenvalue weighted by Gasteiger charge is -2.09. The molecule has 0 nitrogen and oxygen atoms in total. The second-order valence-electron chi connectivity index (χ2n) is 13.9. The van der Waals surface area contributed by atoms with E-state index in [0.717, 1.165) is 11.8 Å². The van der Waals surface area contributed by atoms with Crippen molar-refractivity contribution >= 4 is 41.5 Å². The Kier molecular flexibility index (Phi) is 37.6. The maximum absolute atomic E-state index is 6.17. The van der Waals surface area contributed by atoms with Crippen LogP contribution in [0.4, 0.5) is 0 Å². The van der Waals surface area contributed by atoms with Gasteiger partial charge < -0.3 is 0 Å². The molecule has 0 saturated carbocycles. The maximum Gasteiger partial charge on any atom is 0.248 e. The Bertz CT molecular complexity index is 482. The highest BCUT2D eigenvalue weighted by molar-refractivity contribution is 7.80. The maximum atomic E-state index is 6.17. The monoisotopic (exact) mass is 664 g/mol. The largest absolute Gasteiger partial charge is 0.248 e. The minimum atomic E-state index is -1.84. The van der Waals surface area contributed by atoms with E-state index in [-0.39, 0.29) is 0 Å². The van der Waals surface area contributed by atoms with E-state index in [9.17, 15) is 0 Å². The molecule has 4 heteroatoms. The summed E-state index contributed by atoms with van der Waals surface area (Å²) in [5.41, 5.74) is 0. The van der Waals surface area contributed by atoms with Crippen LogP contribution in [-0.2, 0) is 0 Å². The highest BCUT2D eigenvalue weighted by atomic mass is 35.7. The average Bonchev–Trinajstić information content (AvgIpc) is 2.96. The molecule has 254 valence electrons. The van der Waals surface area contributed by atoms with Gasteiger partial charge in [0.15, 0.2) is 0 Å². The Hall–Kier alpha value is 1.15. The Morgan fingerprint density at radius 1 is 0.286 bits per heavy atom. The molecule has 0 bridgehead atoms. The molecule has 0 heterocycles. The van der Waals surface area contributed by atoms with Crippen LogP contribution in [-0.4, -0.2) is 12.4 Å². The van der Waals surface area contributed by atoms with Crippen molar-refractivity contribution in [3.05, 3.63) is 0 Å². The van der Waals surface area contributed by atoms with E-state index in [0.29, 0.717) is 0 Å². The standard InChI is InChI=1S/C38H78Cl2SSi/c1-42(39,40)38-36-34-32-30-28-26-24-22-20-18-16-14-12-10-8-6-4-2-3-5-7-9-11-13-15-17-19-21-23-25-27-29-31-33-35-37-41/h41H,2-38H2,1H3. The number of hydrogen-bond acceptors (Lipinski definition) is 1. The summed E-state index contributed by atoms with van der Waals surface area (Å²) in [5, 5.41) is 0. The van der Waals surface area contributed by atoms with Crippen LogP contribution in [0.1, 0.15) is 225 Å². The molecule has 0 amide bonds. The van der Waals surface area contributed by atoms with Crippen LogP contribution in [0.25, 0.3) is 0 Å². The molecule has 0 spiro atoms. The second-order valence-corrected chi connectivity index (χ2v) is 22.6. The molecule has 42 heavy (non-hydrogen) atoms. The van der Waals surface area contributed by atoms with Crippen LogP contribution in [0, 0.1) is 0 Å². The van der Waals surface area contributed by atoms with Gasteiger partial charge in [0.1, 0.15) is 0 Å². The van der Waals surface area contributed by atoms with Gasteiger partial charge in [0, 0.05) is 0 Å². The van der Waals surface area contributed by atoms with Crippen molar-refractivity contribution in [1.29, 1.82) is 0 Å². The lowest BCUT2D eigenvalue weighted by molar-refractivity contribution is 0.511. The van der Waals surface area contributed by atoms with Crippen molar-refractivity contribution in [2.45, 2.75) is 237 Å². The normalized spacial score (nSPS) is 12.0. The summed E-state index contributed by atoms with van der Waals surface area (Å²) in [7, 11) is 0. The van der Waals surface area contributed by atoms with Gasteiger partial charge in [-0.1, -0.05) is 218 Å². The first kappa shape index (κ1) is 43.1. The predicted octanol–water partition coefficient (Wildman–Crippen LogP) is 16.1. The van der Waals surface area contributed by atoms with E-state index in [1.807, 2.05) is 6.55 Å². The summed E-state index contributed by atoms with van der Waals surface area (Å²) in [6.07, 6.45) is 50.7.